The van der Waals surface area contributed by atoms with Crippen LogP contribution in [-0.4, -0.2) is 28.0 Å². The molecule has 2 N–H and O–H groups in total. The number of hydrogen-bond donors (Lipinski definition) is 1. The Morgan fingerprint density at radius 3 is 2.45 bits per heavy atom. The molecule has 0 saturated heterocycles. The van der Waals surface area contributed by atoms with Gasteiger partial charge in [-0.25, -0.2) is 18.4 Å². The summed E-state index contributed by atoms with van der Waals surface area (Å²) in [5.74, 6) is 0.357. The Kier molecular flexibility index (Phi) is 3.37. The van der Waals surface area contributed by atoms with Gasteiger partial charge < -0.3 is 5.73 Å². The highest BCUT2D eigenvalue weighted by Gasteiger charge is 2.19. The van der Waals surface area contributed by atoms with E-state index in [2.05, 4.69) is 9.97 Å². The van der Waals surface area contributed by atoms with Crippen LogP contribution in [0.15, 0.2) is 47.9 Å². The lowest BCUT2D eigenvalue weighted by Gasteiger charge is -2.09. The molecule has 7 heteroatoms. The predicted molar refractivity (Wildman–Crippen MR) is 85.2 cm³/mol. The van der Waals surface area contributed by atoms with E-state index in [1.807, 2.05) is 0 Å². The van der Waals surface area contributed by atoms with Gasteiger partial charge in [0.25, 0.3) is 0 Å². The summed E-state index contributed by atoms with van der Waals surface area (Å²) < 4.78 is 26.0. The van der Waals surface area contributed by atoms with Crippen LogP contribution >= 0.6 is 0 Å². The van der Waals surface area contributed by atoms with Crippen LogP contribution < -0.4 is 5.73 Å². The fourth-order valence-corrected chi connectivity index (χ4v) is 3.31. The van der Waals surface area contributed by atoms with Crippen molar-refractivity contribution in [3.05, 3.63) is 43.0 Å². The highest BCUT2D eigenvalue weighted by Crippen LogP contribution is 2.27. The summed E-state index contributed by atoms with van der Waals surface area (Å²) in [4.78, 5) is 8.53. The summed E-state index contributed by atoms with van der Waals surface area (Å²) in [6.45, 7) is 3.34. The summed E-state index contributed by atoms with van der Waals surface area (Å²) in [6, 6.07) is 6.78. The summed E-state index contributed by atoms with van der Waals surface area (Å²) in [6.07, 6.45) is 4.96. The minimum absolute atomic E-state index is 0.319. The molecule has 114 valence electrons. The van der Waals surface area contributed by atoms with Crippen LogP contribution in [-0.2, 0) is 9.84 Å². The minimum atomic E-state index is -3.27. The van der Waals surface area contributed by atoms with Crippen LogP contribution in [0.25, 0.3) is 16.6 Å². The summed E-state index contributed by atoms with van der Waals surface area (Å²) >= 11 is 0. The highest BCUT2D eigenvalue weighted by atomic mass is 32.2. The van der Waals surface area contributed by atoms with E-state index >= 15 is 0 Å². The molecule has 3 aromatic rings. The molecule has 0 saturated carbocycles. The molecule has 0 amide bonds. The number of rotatable bonds is 3. The van der Waals surface area contributed by atoms with E-state index in [1.165, 1.54) is 0 Å². The Balaban J connectivity index is 2.10. The molecule has 0 unspecified atom stereocenters. The second-order valence-electron chi connectivity index (χ2n) is 5.30. The van der Waals surface area contributed by atoms with Gasteiger partial charge in [-0.05, 0) is 31.5 Å². The number of benzene rings is 1. The maximum atomic E-state index is 12.2. The van der Waals surface area contributed by atoms with E-state index in [9.17, 15) is 8.42 Å². The van der Waals surface area contributed by atoms with Crippen LogP contribution in [0.5, 0.6) is 0 Å². The van der Waals surface area contributed by atoms with E-state index in [0.29, 0.717) is 10.8 Å². The maximum absolute atomic E-state index is 12.2. The zero-order valence-electron chi connectivity index (χ0n) is 12.3. The van der Waals surface area contributed by atoms with Gasteiger partial charge in [0.15, 0.2) is 9.84 Å². The molecule has 0 aliphatic heterocycles. The summed E-state index contributed by atoms with van der Waals surface area (Å²) in [7, 11) is -3.27. The van der Waals surface area contributed by atoms with Gasteiger partial charge in [0.1, 0.15) is 6.33 Å². The monoisotopic (exact) mass is 316 g/mol. The fraction of sp³-hybridized carbons (Fsp3) is 0.200. The molecule has 22 heavy (non-hydrogen) atoms. The third-order valence-corrected chi connectivity index (χ3v) is 5.77. The quantitative estimate of drug-likeness (QED) is 0.799. The molecular weight excluding hydrogens is 300 g/mol. The average molecular weight is 316 g/mol. The first-order valence-electron chi connectivity index (χ1n) is 6.82. The normalized spacial score (nSPS) is 12.1. The number of fused-ring (bicyclic) bond motifs is 1. The van der Waals surface area contributed by atoms with Gasteiger partial charge >= 0.3 is 0 Å². The maximum Gasteiger partial charge on any atom is 0.206 e. The SMILES string of the molecule is CC(C)S(=O)(=O)c1ccc(-c2cnc(N)n3cncc23)cc1. The van der Waals surface area contributed by atoms with Crippen molar-refractivity contribution in [2.45, 2.75) is 24.0 Å². The van der Waals surface area contributed by atoms with Crippen molar-refractivity contribution >= 4 is 21.3 Å². The molecule has 0 spiro atoms. The summed E-state index contributed by atoms with van der Waals surface area (Å²) in [5.41, 5.74) is 8.33. The van der Waals surface area contributed by atoms with Gasteiger partial charge in [-0.15, -0.1) is 0 Å². The lowest BCUT2D eigenvalue weighted by Crippen LogP contribution is -2.13. The average Bonchev–Trinajstić information content (AvgIpc) is 2.98. The van der Waals surface area contributed by atoms with Gasteiger partial charge in [0, 0.05) is 11.8 Å². The third kappa shape index (κ3) is 2.23. The number of nitrogens with two attached hydrogens (primary N) is 1. The Morgan fingerprint density at radius 1 is 1.14 bits per heavy atom. The zero-order chi connectivity index (χ0) is 15.9. The first kappa shape index (κ1) is 14.5. The van der Waals surface area contributed by atoms with Crippen molar-refractivity contribution in [2.75, 3.05) is 5.73 Å². The van der Waals surface area contributed by atoms with Crippen molar-refractivity contribution in [3.63, 3.8) is 0 Å². The van der Waals surface area contributed by atoms with Gasteiger partial charge in [-0.2, -0.15) is 0 Å². The predicted octanol–water partition coefficient (Wildman–Crippen LogP) is 2.16. The molecule has 0 aliphatic rings. The summed E-state index contributed by atoms with van der Waals surface area (Å²) in [5, 5.41) is -0.446. The van der Waals surface area contributed by atoms with Gasteiger partial charge in [0.2, 0.25) is 5.95 Å². The number of anilines is 1. The zero-order valence-corrected chi connectivity index (χ0v) is 13.1. The number of aromatic nitrogens is 3. The van der Waals surface area contributed by atoms with Crippen molar-refractivity contribution in [2.24, 2.45) is 0 Å². The van der Waals surface area contributed by atoms with E-state index < -0.39 is 15.1 Å². The first-order chi connectivity index (χ1) is 10.4. The molecule has 0 atom stereocenters. The smallest absolute Gasteiger partial charge is 0.206 e. The van der Waals surface area contributed by atoms with Gasteiger partial charge in [0.05, 0.1) is 21.9 Å². The Bertz CT molecular complexity index is 928. The first-order valence-corrected chi connectivity index (χ1v) is 8.37. The molecule has 2 aromatic heterocycles. The minimum Gasteiger partial charge on any atom is -0.369 e. The number of hydrogen-bond acceptors (Lipinski definition) is 5. The van der Waals surface area contributed by atoms with Gasteiger partial charge in [-0.3, -0.25) is 4.40 Å². The third-order valence-electron chi connectivity index (χ3n) is 3.60. The van der Waals surface area contributed by atoms with Crippen LogP contribution in [0.1, 0.15) is 13.8 Å². The highest BCUT2D eigenvalue weighted by molar-refractivity contribution is 7.92. The molecule has 0 radical (unpaired) electrons. The molecular formula is C15H16N4O2S. The Morgan fingerprint density at radius 2 is 1.82 bits per heavy atom. The lowest BCUT2D eigenvalue weighted by atomic mass is 10.1. The van der Waals surface area contributed by atoms with Crippen LogP contribution in [0.2, 0.25) is 0 Å². The van der Waals surface area contributed by atoms with Gasteiger partial charge in [-0.1, -0.05) is 12.1 Å². The van der Waals surface area contributed by atoms with Crippen LogP contribution in [0, 0.1) is 0 Å². The second kappa shape index (κ2) is 5.10. The van der Waals surface area contributed by atoms with Crippen LogP contribution in [0.3, 0.4) is 0 Å². The standard InChI is InChI=1S/C15H16N4O2S/c1-10(2)22(20,21)12-5-3-11(4-6-12)13-7-18-15(16)19-9-17-8-14(13)19/h3-10H,1-2H3,(H2,16,18). The Labute approximate surface area is 128 Å². The van der Waals surface area contributed by atoms with Crippen molar-refractivity contribution in [3.8, 4) is 11.1 Å². The van der Waals surface area contributed by atoms with Crippen LogP contribution in [0.4, 0.5) is 5.95 Å². The second-order valence-corrected chi connectivity index (χ2v) is 7.80. The molecule has 0 aliphatic carbocycles. The molecule has 3 rings (SSSR count). The van der Waals surface area contributed by atoms with E-state index in [-0.39, 0.29) is 0 Å². The topological polar surface area (TPSA) is 90.3 Å². The molecule has 0 fully saturated rings. The molecule has 6 nitrogen and oxygen atoms in total. The fourth-order valence-electron chi connectivity index (χ4n) is 2.25. The van der Waals surface area contributed by atoms with E-state index in [0.717, 1.165) is 16.6 Å². The van der Waals surface area contributed by atoms with E-state index in [1.54, 1.807) is 61.2 Å². The van der Waals surface area contributed by atoms with Crippen molar-refractivity contribution < 1.29 is 8.42 Å². The number of nitrogen functional groups attached to an aromatic ring is 1. The van der Waals surface area contributed by atoms with E-state index in [4.69, 9.17) is 5.73 Å². The number of nitrogens with zero attached hydrogens (tertiary/aromatic N) is 3. The van der Waals surface area contributed by atoms with Crippen molar-refractivity contribution in [1.82, 2.24) is 14.4 Å². The number of sulfone groups is 1. The molecule has 1 aromatic carbocycles. The van der Waals surface area contributed by atoms with Crippen molar-refractivity contribution in [1.29, 1.82) is 0 Å². The number of imidazole rings is 1. The molecule has 0 bridgehead atoms. The molecule has 2 heterocycles. The largest absolute Gasteiger partial charge is 0.369 e. The lowest BCUT2D eigenvalue weighted by molar-refractivity contribution is 0.587. The Hall–Kier alpha value is -2.41.